The molecule has 38 heavy (non-hydrogen) atoms. The highest BCUT2D eigenvalue weighted by Crippen LogP contribution is 2.29. The van der Waals surface area contributed by atoms with Crippen molar-refractivity contribution in [1.82, 2.24) is 25.2 Å². The first-order valence-electron chi connectivity index (χ1n) is 12.3. The summed E-state index contributed by atoms with van der Waals surface area (Å²) in [5.41, 5.74) is 2.36. The van der Waals surface area contributed by atoms with Gasteiger partial charge >= 0.3 is 0 Å². The van der Waals surface area contributed by atoms with Crippen molar-refractivity contribution in [3.05, 3.63) is 83.9 Å². The van der Waals surface area contributed by atoms with Crippen molar-refractivity contribution < 1.29 is 19.1 Å². The molecule has 4 aromatic rings. The molecule has 0 aliphatic heterocycles. The molecule has 1 N–H and O–H groups in total. The van der Waals surface area contributed by atoms with Crippen molar-refractivity contribution in [3.63, 3.8) is 0 Å². The first-order chi connectivity index (χ1) is 18.2. The van der Waals surface area contributed by atoms with Crippen LogP contribution in [0.15, 0.2) is 72.8 Å². The summed E-state index contributed by atoms with van der Waals surface area (Å²) in [5.74, 6) is 0.659. The molecule has 0 saturated carbocycles. The lowest BCUT2D eigenvalue weighted by Crippen LogP contribution is -2.49. The number of amides is 2. The molecule has 2 amide bonds. The SMILES string of the molecule is COc1cccc(CN(C(=O)Cn2nnc3ccccc32)[C@H](C(=O)NC(C)(C)C)c2cccc(OC)c2)c1. The lowest BCUT2D eigenvalue weighted by atomic mass is 10.0. The summed E-state index contributed by atoms with van der Waals surface area (Å²) >= 11 is 0. The molecule has 1 heterocycles. The third-order valence-corrected chi connectivity index (χ3v) is 5.98. The van der Waals surface area contributed by atoms with Crippen molar-refractivity contribution in [3.8, 4) is 11.5 Å². The Labute approximate surface area is 222 Å². The van der Waals surface area contributed by atoms with Crippen LogP contribution < -0.4 is 14.8 Å². The second kappa shape index (κ2) is 11.3. The largest absolute Gasteiger partial charge is 0.497 e. The van der Waals surface area contributed by atoms with Gasteiger partial charge in [-0.25, -0.2) is 4.68 Å². The van der Waals surface area contributed by atoms with Crippen molar-refractivity contribution >= 4 is 22.8 Å². The van der Waals surface area contributed by atoms with Gasteiger partial charge in [0.25, 0.3) is 0 Å². The quantitative estimate of drug-likeness (QED) is 0.360. The predicted octanol–water partition coefficient (Wildman–Crippen LogP) is 4.13. The number of carbonyl (C=O) groups is 2. The Morgan fingerprint density at radius 2 is 1.63 bits per heavy atom. The van der Waals surface area contributed by atoms with Crippen LogP contribution in [-0.2, 0) is 22.7 Å². The smallest absolute Gasteiger partial charge is 0.247 e. The van der Waals surface area contributed by atoms with Gasteiger partial charge < -0.3 is 19.7 Å². The second-order valence-electron chi connectivity index (χ2n) is 10.0. The Morgan fingerprint density at radius 1 is 0.947 bits per heavy atom. The van der Waals surface area contributed by atoms with Crippen molar-refractivity contribution in [2.24, 2.45) is 0 Å². The highest BCUT2D eigenvalue weighted by Gasteiger charge is 2.34. The molecule has 0 fully saturated rings. The lowest BCUT2D eigenvalue weighted by molar-refractivity contribution is -0.142. The standard InChI is InChI=1S/C29H33N5O4/c1-29(2,3)30-28(36)27(21-11-9-13-23(17-21)38-5)33(18-20-10-8-12-22(16-20)37-4)26(35)19-34-25-15-7-6-14-24(25)31-32-34/h6-17,27H,18-19H2,1-5H3,(H,30,36)/t27-/m0/s1. The molecule has 3 aromatic carbocycles. The van der Waals surface area contributed by atoms with Gasteiger partial charge in [-0.3, -0.25) is 9.59 Å². The Balaban J connectivity index is 1.79. The second-order valence-corrected chi connectivity index (χ2v) is 10.0. The number of nitrogens with zero attached hydrogens (tertiary/aromatic N) is 4. The van der Waals surface area contributed by atoms with E-state index in [1.54, 1.807) is 35.9 Å². The highest BCUT2D eigenvalue weighted by molar-refractivity contribution is 5.89. The van der Waals surface area contributed by atoms with Gasteiger partial charge in [0.1, 0.15) is 29.6 Å². The monoisotopic (exact) mass is 515 g/mol. The van der Waals surface area contributed by atoms with Gasteiger partial charge in [-0.1, -0.05) is 41.6 Å². The summed E-state index contributed by atoms with van der Waals surface area (Å²) in [7, 11) is 3.16. The average Bonchev–Trinajstić information content (AvgIpc) is 3.30. The Morgan fingerprint density at radius 3 is 2.34 bits per heavy atom. The molecule has 0 saturated heterocycles. The summed E-state index contributed by atoms with van der Waals surface area (Å²) in [4.78, 5) is 29.4. The highest BCUT2D eigenvalue weighted by atomic mass is 16.5. The van der Waals surface area contributed by atoms with E-state index < -0.39 is 11.6 Å². The van der Waals surface area contributed by atoms with E-state index in [0.29, 0.717) is 22.6 Å². The average molecular weight is 516 g/mol. The molecule has 0 radical (unpaired) electrons. The van der Waals surface area contributed by atoms with Crippen LogP contribution in [0.25, 0.3) is 11.0 Å². The summed E-state index contributed by atoms with van der Waals surface area (Å²) in [6, 6.07) is 21.2. The van der Waals surface area contributed by atoms with Crippen LogP contribution in [0.2, 0.25) is 0 Å². The zero-order valence-electron chi connectivity index (χ0n) is 22.3. The van der Waals surface area contributed by atoms with Gasteiger partial charge in [-0.05, 0) is 68.3 Å². The number of hydrogen-bond donors (Lipinski definition) is 1. The molecule has 4 rings (SSSR count). The maximum atomic E-state index is 14.0. The third kappa shape index (κ3) is 6.29. The fraction of sp³-hybridized carbons (Fsp3) is 0.310. The molecule has 0 bridgehead atoms. The first kappa shape index (κ1) is 26.7. The number of hydrogen-bond acceptors (Lipinski definition) is 6. The van der Waals surface area contributed by atoms with Gasteiger partial charge in [0.2, 0.25) is 11.8 Å². The van der Waals surface area contributed by atoms with E-state index in [-0.39, 0.29) is 24.9 Å². The van der Waals surface area contributed by atoms with Crippen molar-refractivity contribution in [1.29, 1.82) is 0 Å². The number of para-hydroxylation sites is 1. The van der Waals surface area contributed by atoms with Crippen LogP contribution >= 0.6 is 0 Å². The molecule has 9 nitrogen and oxygen atoms in total. The number of rotatable bonds is 9. The van der Waals surface area contributed by atoms with Gasteiger partial charge in [0, 0.05) is 12.1 Å². The molecular weight excluding hydrogens is 482 g/mol. The molecule has 9 heteroatoms. The topological polar surface area (TPSA) is 98.6 Å². The number of benzene rings is 3. The Bertz CT molecular complexity index is 1430. The Hall–Kier alpha value is -4.40. The zero-order valence-corrected chi connectivity index (χ0v) is 22.3. The van der Waals surface area contributed by atoms with Crippen molar-refractivity contribution in [2.75, 3.05) is 14.2 Å². The van der Waals surface area contributed by atoms with Gasteiger partial charge in [-0.2, -0.15) is 0 Å². The number of methoxy groups -OCH3 is 2. The van der Waals surface area contributed by atoms with Gasteiger partial charge in [0.15, 0.2) is 0 Å². The predicted molar refractivity (Wildman–Crippen MR) is 145 cm³/mol. The number of nitrogens with one attached hydrogen (secondary N) is 1. The van der Waals surface area contributed by atoms with Crippen LogP contribution in [-0.4, -0.2) is 51.5 Å². The number of carbonyl (C=O) groups excluding carboxylic acids is 2. The molecule has 1 atom stereocenters. The van der Waals surface area contributed by atoms with Crippen LogP contribution in [0.1, 0.15) is 37.9 Å². The summed E-state index contributed by atoms with van der Waals surface area (Å²) in [5, 5.41) is 11.4. The number of ether oxygens (including phenoxy) is 2. The van der Waals surface area contributed by atoms with Gasteiger partial charge in [-0.15, -0.1) is 5.10 Å². The molecule has 0 aliphatic carbocycles. The minimum atomic E-state index is -0.933. The fourth-order valence-corrected chi connectivity index (χ4v) is 4.27. The zero-order chi connectivity index (χ0) is 27.3. The van der Waals surface area contributed by atoms with Crippen LogP contribution in [0, 0.1) is 0 Å². The summed E-state index contributed by atoms with van der Waals surface area (Å²) < 4.78 is 12.4. The van der Waals surface area contributed by atoms with Crippen LogP contribution in [0.5, 0.6) is 11.5 Å². The Kier molecular flexibility index (Phi) is 7.95. The maximum absolute atomic E-state index is 14.0. The summed E-state index contributed by atoms with van der Waals surface area (Å²) in [6.45, 7) is 5.80. The van der Waals surface area contributed by atoms with Crippen LogP contribution in [0.4, 0.5) is 0 Å². The normalized spacial score (nSPS) is 12.1. The minimum Gasteiger partial charge on any atom is -0.497 e. The molecule has 198 valence electrons. The fourth-order valence-electron chi connectivity index (χ4n) is 4.27. The third-order valence-electron chi connectivity index (χ3n) is 5.98. The number of aromatic nitrogens is 3. The molecule has 0 aliphatic rings. The van der Waals surface area contributed by atoms with Crippen LogP contribution in [0.3, 0.4) is 0 Å². The molecule has 1 aromatic heterocycles. The van der Waals surface area contributed by atoms with Gasteiger partial charge in [0.05, 0.1) is 19.7 Å². The van der Waals surface area contributed by atoms with E-state index in [1.165, 1.54) is 0 Å². The molecular formula is C29H33N5O4. The number of fused-ring (bicyclic) bond motifs is 1. The molecule has 0 spiro atoms. The molecule has 0 unspecified atom stereocenters. The lowest BCUT2D eigenvalue weighted by Gasteiger charge is -2.34. The van der Waals surface area contributed by atoms with E-state index in [4.69, 9.17) is 9.47 Å². The maximum Gasteiger partial charge on any atom is 0.247 e. The van der Waals surface area contributed by atoms with E-state index in [2.05, 4.69) is 15.6 Å². The summed E-state index contributed by atoms with van der Waals surface area (Å²) in [6.07, 6.45) is 0. The first-order valence-corrected chi connectivity index (χ1v) is 12.3. The van der Waals surface area contributed by atoms with E-state index >= 15 is 0 Å². The van der Waals surface area contributed by atoms with E-state index in [9.17, 15) is 9.59 Å². The van der Waals surface area contributed by atoms with E-state index in [1.807, 2.05) is 81.4 Å². The minimum absolute atomic E-state index is 0.0895. The van der Waals surface area contributed by atoms with Crippen molar-refractivity contribution in [2.45, 2.75) is 45.4 Å². The van der Waals surface area contributed by atoms with E-state index in [0.717, 1.165) is 11.1 Å².